The number of halogens is 1. The molecule has 2 aromatic carbocycles. The Labute approximate surface area is 176 Å². The summed E-state index contributed by atoms with van der Waals surface area (Å²) >= 11 is 4.75. The summed E-state index contributed by atoms with van der Waals surface area (Å²) in [6.07, 6.45) is 0. The minimum absolute atomic E-state index is 0.131. The third kappa shape index (κ3) is 4.48. The van der Waals surface area contributed by atoms with E-state index in [1.54, 1.807) is 6.92 Å². The van der Waals surface area contributed by atoms with Gasteiger partial charge < -0.3 is 16.1 Å². The average molecular weight is 461 g/mol. The Balaban J connectivity index is 1.68. The van der Waals surface area contributed by atoms with Gasteiger partial charge in [-0.1, -0.05) is 39.8 Å². The van der Waals surface area contributed by atoms with Gasteiger partial charge in [0.15, 0.2) is 5.82 Å². The van der Waals surface area contributed by atoms with Gasteiger partial charge in [0.1, 0.15) is 0 Å². The van der Waals surface area contributed by atoms with Crippen molar-refractivity contribution < 1.29 is 4.79 Å². The third-order valence-electron chi connectivity index (χ3n) is 4.08. The number of anilines is 2. The summed E-state index contributed by atoms with van der Waals surface area (Å²) in [5, 5.41) is 11.3. The van der Waals surface area contributed by atoms with Crippen LogP contribution in [0.4, 0.5) is 11.4 Å². The zero-order valence-corrected chi connectivity index (χ0v) is 18.2. The van der Waals surface area contributed by atoms with E-state index in [0.29, 0.717) is 11.0 Å². The lowest BCUT2D eigenvalue weighted by atomic mass is 10.2. The molecule has 146 valence electrons. The van der Waals surface area contributed by atoms with Crippen LogP contribution < -0.4 is 16.1 Å². The van der Waals surface area contributed by atoms with Gasteiger partial charge in [-0.3, -0.25) is 4.79 Å². The minimum Gasteiger partial charge on any atom is -0.378 e. The number of carbonyl (C=O) groups is 1. The van der Waals surface area contributed by atoms with Crippen LogP contribution in [0.15, 0.2) is 58.2 Å². The summed E-state index contributed by atoms with van der Waals surface area (Å²) in [7, 11) is 3.94. The second-order valence-corrected chi connectivity index (χ2v) is 8.51. The fourth-order valence-corrected chi connectivity index (χ4v) is 3.71. The lowest BCUT2D eigenvalue weighted by Crippen LogP contribution is -2.23. The van der Waals surface area contributed by atoms with Gasteiger partial charge in [0.25, 0.3) is 0 Å². The van der Waals surface area contributed by atoms with Crippen molar-refractivity contribution in [2.75, 3.05) is 30.2 Å². The van der Waals surface area contributed by atoms with Crippen molar-refractivity contribution in [1.82, 2.24) is 14.9 Å². The number of hydrogen-bond donors (Lipinski definition) is 2. The molecule has 3 aromatic rings. The molecule has 0 saturated heterocycles. The Morgan fingerprint density at radius 3 is 2.50 bits per heavy atom. The number of rotatable bonds is 6. The van der Waals surface area contributed by atoms with Crippen LogP contribution in [0.2, 0.25) is 0 Å². The number of nitrogens with zero attached hydrogens (tertiary/aromatic N) is 4. The first-order valence-electron chi connectivity index (χ1n) is 8.57. The highest BCUT2D eigenvalue weighted by Crippen LogP contribution is 2.29. The highest BCUT2D eigenvalue weighted by molar-refractivity contribution is 9.10. The van der Waals surface area contributed by atoms with E-state index in [-0.39, 0.29) is 5.91 Å². The molecule has 0 aliphatic carbocycles. The van der Waals surface area contributed by atoms with Crippen molar-refractivity contribution in [3.8, 4) is 11.4 Å². The van der Waals surface area contributed by atoms with Gasteiger partial charge in [-0.25, -0.2) is 4.68 Å². The van der Waals surface area contributed by atoms with E-state index >= 15 is 0 Å². The van der Waals surface area contributed by atoms with Crippen LogP contribution in [0.1, 0.15) is 6.92 Å². The molecule has 1 amide bonds. The van der Waals surface area contributed by atoms with Gasteiger partial charge in [0, 0.05) is 35.5 Å². The van der Waals surface area contributed by atoms with Crippen LogP contribution >= 0.6 is 27.7 Å². The van der Waals surface area contributed by atoms with Gasteiger partial charge in [-0.2, -0.15) is 0 Å². The quantitative estimate of drug-likeness (QED) is 0.431. The summed E-state index contributed by atoms with van der Waals surface area (Å²) in [5.41, 5.74) is 2.64. The number of thioether (sulfide) groups is 1. The van der Waals surface area contributed by atoms with Gasteiger partial charge in [0.05, 0.1) is 5.25 Å². The predicted octanol–water partition coefficient (Wildman–Crippen LogP) is 3.61. The van der Waals surface area contributed by atoms with Crippen molar-refractivity contribution in [2.24, 2.45) is 0 Å². The smallest absolute Gasteiger partial charge is 0.237 e. The standard InChI is InChI=1S/C19H21BrN6OS/c1-12(18(27)22-13-8-10-14(11-9-13)25(2)3)28-19-24-23-17(26(19)21)15-6-4-5-7-16(15)20/h4-12H,21H2,1-3H3,(H,22,27). The summed E-state index contributed by atoms with van der Waals surface area (Å²) in [5.74, 6) is 6.56. The van der Waals surface area contributed by atoms with E-state index in [0.717, 1.165) is 21.4 Å². The highest BCUT2D eigenvalue weighted by Gasteiger charge is 2.20. The van der Waals surface area contributed by atoms with Crippen molar-refractivity contribution in [1.29, 1.82) is 0 Å². The van der Waals surface area contributed by atoms with Gasteiger partial charge in [-0.15, -0.1) is 10.2 Å². The van der Waals surface area contributed by atoms with E-state index in [1.807, 2.05) is 67.5 Å². The molecule has 1 unspecified atom stereocenters. The first kappa shape index (κ1) is 20.2. The first-order valence-corrected chi connectivity index (χ1v) is 10.2. The molecule has 28 heavy (non-hydrogen) atoms. The molecule has 3 N–H and O–H groups in total. The van der Waals surface area contributed by atoms with E-state index in [9.17, 15) is 4.79 Å². The molecule has 7 nitrogen and oxygen atoms in total. The lowest BCUT2D eigenvalue weighted by Gasteiger charge is -2.14. The normalized spacial score (nSPS) is 11.9. The number of nitrogens with two attached hydrogens (primary N) is 1. The maximum absolute atomic E-state index is 12.5. The van der Waals surface area contributed by atoms with E-state index in [4.69, 9.17) is 5.84 Å². The number of hydrogen-bond acceptors (Lipinski definition) is 6. The van der Waals surface area contributed by atoms with Crippen LogP contribution in [-0.2, 0) is 4.79 Å². The number of amides is 1. The van der Waals surface area contributed by atoms with Crippen LogP contribution in [-0.4, -0.2) is 40.1 Å². The molecule has 0 saturated carbocycles. The van der Waals surface area contributed by atoms with E-state index < -0.39 is 5.25 Å². The van der Waals surface area contributed by atoms with Crippen molar-refractivity contribution >= 4 is 45.0 Å². The monoisotopic (exact) mass is 460 g/mol. The second kappa shape index (κ2) is 8.66. The van der Waals surface area contributed by atoms with E-state index in [1.165, 1.54) is 16.4 Å². The molecular formula is C19H21BrN6OS. The Hall–Kier alpha value is -2.52. The molecule has 0 radical (unpaired) electrons. The number of carbonyl (C=O) groups excluding carboxylic acids is 1. The topological polar surface area (TPSA) is 89.1 Å². The molecule has 0 bridgehead atoms. The zero-order valence-electron chi connectivity index (χ0n) is 15.8. The molecule has 3 rings (SSSR count). The molecular weight excluding hydrogens is 440 g/mol. The van der Waals surface area contributed by atoms with Crippen LogP contribution in [0.3, 0.4) is 0 Å². The Kier molecular flexibility index (Phi) is 6.25. The van der Waals surface area contributed by atoms with Crippen molar-refractivity contribution in [3.05, 3.63) is 53.0 Å². The average Bonchev–Trinajstić information content (AvgIpc) is 3.03. The molecule has 1 atom stereocenters. The largest absolute Gasteiger partial charge is 0.378 e. The predicted molar refractivity (Wildman–Crippen MR) is 118 cm³/mol. The molecule has 0 aliphatic heterocycles. The number of benzene rings is 2. The second-order valence-electron chi connectivity index (χ2n) is 6.35. The maximum atomic E-state index is 12.5. The Morgan fingerprint density at radius 1 is 1.18 bits per heavy atom. The van der Waals surface area contributed by atoms with Crippen molar-refractivity contribution in [2.45, 2.75) is 17.3 Å². The SMILES string of the molecule is CC(Sc1nnc(-c2ccccc2Br)n1N)C(=O)Nc1ccc(N(C)C)cc1. The zero-order chi connectivity index (χ0) is 20.3. The molecule has 0 spiro atoms. The van der Waals surface area contributed by atoms with E-state index in [2.05, 4.69) is 31.4 Å². The van der Waals surface area contributed by atoms with Crippen molar-refractivity contribution in [3.63, 3.8) is 0 Å². The summed E-state index contributed by atoms with van der Waals surface area (Å²) in [4.78, 5) is 14.5. The summed E-state index contributed by atoms with van der Waals surface area (Å²) < 4.78 is 2.28. The number of aromatic nitrogens is 3. The minimum atomic E-state index is -0.396. The molecule has 1 aromatic heterocycles. The van der Waals surface area contributed by atoms with Crippen LogP contribution in [0, 0.1) is 0 Å². The Morgan fingerprint density at radius 2 is 1.86 bits per heavy atom. The maximum Gasteiger partial charge on any atom is 0.237 e. The third-order valence-corrected chi connectivity index (χ3v) is 5.83. The lowest BCUT2D eigenvalue weighted by molar-refractivity contribution is -0.115. The van der Waals surface area contributed by atoms with Gasteiger partial charge in [0.2, 0.25) is 11.1 Å². The number of nitrogens with one attached hydrogen (secondary N) is 1. The van der Waals surface area contributed by atoms with Gasteiger partial charge in [-0.05, 0) is 43.3 Å². The number of nitrogen functional groups attached to an aromatic ring is 1. The molecule has 0 fully saturated rings. The fraction of sp³-hybridized carbons (Fsp3) is 0.211. The highest BCUT2D eigenvalue weighted by atomic mass is 79.9. The molecule has 9 heteroatoms. The first-order chi connectivity index (χ1) is 13.4. The van der Waals surface area contributed by atoms with Gasteiger partial charge >= 0.3 is 0 Å². The van der Waals surface area contributed by atoms with Crippen LogP contribution in [0.25, 0.3) is 11.4 Å². The summed E-state index contributed by atoms with van der Waals surface area (Å²) in [6, 6.07) is 15.3. The molecule has 0 aliphatic rings. The molecule has 1 heterocycles. The fourth-order valence-electron chi connectivity index (χ4n) is 2.48. The van der Waals surface area contributed by atoms with Crippen LogP contribution in [0.5, 0.6) is 0 Å². The Bertz CT molecular complexity index is 973. The summed E-state index contributed by atoms with van der Waals surface area (Å²) in [6.45, 7) is 1.81.